The van der Waals surface area contributed by atoms with E-state index in [0.29, 0.717) is 5.92 Å². The first kappa shape index (κ1) is 19.4. The number of nitrogens with zero attached hydrogens (tertiary/aromatic N) is 2. The zero-order valence-corrected chi connectivity index (χ0v) is 15.3. The summed E-state index contributed by atoms with van der Waals surface area (Å²) in [5.74, 6) is 0.446. The van der Waals surface area contributed by atoms with Crippen molar-refractivity contribution < 1.29 is 4.79 Å². The molecular weight excluding hydrogens is 310 g/mol. The van der Waals surface area contributed by atoms with Gasteiger partial charge in [0.1, 0.15) is 0 Å². The number of nitrogens with one attached hydrogen (secondary N) is 1. The highest BCUT2D eigenvalue weighted by atomic mass is 35.5. The molecule has 1 aromatic carbocycles. The number of amides is 2. The van der Waals surface area contributed by atoms with Crippen molar-refractivity contribution in [2.45, 2.75) is 27.7 Å². The molecule has 0 unspecified atom stereocenters. The fourth-order valence-electron chi connectivity index (χ4n) is 2.63. The maximum atomic E-state index is 12.1. The van der Waals surface area contributed by atoms with E-state index in [1.165, 1.54) is 16.8 Å². The van der Waals surface area contributed by atoms with Gasteiger partial charge in [-0.05, 0) is 37.0 Å². The fraction of sp³-hybridized carbons (Fsp3) is 0.500. The lowest BCUT2D eigenvalue weighted by molar-refractivity contribution is 0.198. The molecule has 1 aliphatic heterocycles. The van der Waals surface area contributed by atoms with Gasteiger partial charge in [0.05, 0.1) is 0 Å². The maximum Gasteiger partial charge on any atom is 0.321 e. The van der Waals surface area contributed by atoms with Crippen LogP contribution < -0.4 is 10.2 Å². The fourth-order valence-corrected chi connectivity index (χ4v) is 2.63. The SMILES string of the molecule is Cc1cccc(N2CCN(C(=O)N/C=C/C(C)C)CC2)c1C.Cl. The lowest BCUT2D eigenvalue weighted by atomic mass is 10.1. The third-order valence-corrected chi connectivity index (χ3v) is 4.17. The topological polar surface area (TPSA) is 35.6 Å². The summed E-state index contributed by atoms with van der Waals surface area (Å²) < 4.78 is 0. The highest BCUT2D eigenvalue weighted by Crippen LogP contribution is 2.23. The van der Waals surface area contributed by atoms with E-state index in [0.717, 1.165) is 26.2 Å². The normalized spacial score (nSPS) is 15.0. The van der Waals surface area contributed by atoms with E-state index in [1.54, 1.807) is 6.20 Å². The van der Waals surface area contributed by atoms with Gasteiger partial charge in [0.15, 0.2) is 0 Å². The van der Waals surface area contributed by atoms with Crippen LogP contribution in [-0.2, 0) is 0 Å². The number of urea groups is 1. The summed E-state index contributed by atoms with van der Waals surface area (Å²) in [5, 5.41) is 2.85. The molecule has 2 amide bonds. The Kier molecular flexibility index (Phi) is 7.43. The molecule has 23 heavy (non-hydrogen) atoms. The molecule has 1 N–H and O–H groups in total. The Balaban J connectivity index is 0.00000264. The van der Waals surface area contributed by atoms with Gasteiger partial charge in [0.25, 0.3) is 0 Å². The van der Waals surface area contributed by atoms with Crippen molar-refractivity contribution in [1.29, 1.82) is 0 Å². The molecule has 0 aliphatic carbocycles. The molecule has 2 rings (SSSR count). The van der Waals surface area contributed by atoms with Gasteiger partial charge in [-0.1, -0.05) is 32.1 Å². The first-order valence-electron chi connectivity index (χ1n) is 8.02. The van der Waals surface area contributed by atoms with Gasteiger partial charge in [0.2, 0.25) is 0 Å². The van der Waals surface area contributed by atoms with Gasteiger partial charge in [-0.2, -0.15) is 0 Å². The van der Waals surface area contributed by atoms with E-state index < -0.39 is 0 Å². The summed E-state index contributed by atoms with van der Waals surface area (Å²) in [5.41, 5.74) is 3.94. The van der Waals surface area contributed by atoms with Crippen molar-refractivity contribution in [2.75, 3.05) is 31.1 Å². The van der Waals surface area contributed by atoms with Crippen molar-refractivity contribution in [3.8, 4) is 0 Å². The molecule has 128 valence electrons. The van der Waals surface area contributed by atoms with E-state index in [4.69, 9.17) is 0 Å². The number of carbonyl (C=O) groups is 1. The van der Waals surface area contributed by atoms with Crippen LogP contribution in [0.15, 0.2) is 30.5 Å². The van der Waals surface area contributed by atoms with Crippen LogP contribution in [-0.4, -0.2) is 37.1 Å². The Morgan fingerprint density at radius 3 is 2.43 bits per heavy atom. The number of rotatable bonds is 3. The van der Waals surface area contributed by atoms with Crippen LogP contribution in [0.4, 0.5) is 10.5 Å². The third kappa shape index (κ3) is 5.17. The monoisotopic (exact) mass is 337 g/mol. The molecule has 1 fully saturated rings. The molecule has 0 radical (unpaired) electrons. The number of halogens is 1. The number of piperazine rings is 1. The van der Waals surface area contributed by atoms with Gasteiger partial charge < -0.3 is 15.1 Å². The van der Waals surface area contributed by atoms with Crippen molar-refractivity contribution >= 4 is 24.1 Å². The zero-order chi connectivity index (χ0) is 16.1. The largest absolute Gasteiger partial charge is 0.368 e. The Morgan fingerprint density at radius 2 is 1.83 bits per heavy atom. The van der Waals surface area contributed by atoms with Crippen LogP contribution in [0.5, 0.6) is 0 Å². The van der Waals surface area contributed by atoms with Crippen molar-refractivity contribution in [1.82, 2.24) is 10.2 Å². The average Bonchev–Trinajstić information content (AvgIpc) is 2.50. The lowest BCUT2D eigenvalue weighted by Crippen LogP contribution is -2.51. The molecule has 0 aromatic heterocycles. The Labute approximate surface area is 145 Å². The third-order valence-electron chi connectivity index (χ3n) is 4.17. The van der Waals surface area contributed by atoms with Crippen molar-refractivity contribution in [3.05, 3.63) is 41.6 Å². The average molecular weight is 338 g/mol. The molecule has 0 saturated carbocycles. The summed E-state index contributed by atoms with van der Waals surface area (Å²) in [6.45, 7) is 11.8. The second-order valence-corrected chi connectivity index (χ2v) is 6.25. The van der Waals surface area contributed by atoms with E-state index >= 15 is 0 Å². The minimum atomic E-state index is -0.00230. The standard InChI is InChI=1S/C18H27N3O.ClH/c1-14(2)8-9-19-18(22)21-12-10-20(11-13-21)17-7-5-6-15(3)16(17)4;/h5-9,14H,10-13H2,1-4H3,(H,19,22);1H/b9-8+;. The minimum Gasteiger partial charge on any atom is -0.368 e. The molecule has 0 spiro atoms. The van der Waals surface area contributed by atoms with Crippen LogP contribution in [0.1, 0.15) is 25.0 Å². The number of allylic oxidation sites excluding steroid dienone is 1. The molecule has 5 heteroatoms. The van der Waals surface area contributed by atoms with E-state index in [-0.39, 0.29) is 18.4 Å². The summed E-state index contributed by atoms with van der Waals surface area (Å²) in [6, 6.07) is 6.41. The number of aryl methyl sites for hydroxylation is 1. The van der Waals surface area contributed by atoms with Crippen molar-refractivity contribution in [3.63, 3.8) is 0 Å². The first-order chi connectivity index (χ1) is 10.5. The van der Waals surface area contributed by atoms with Crippen molar-refractivity contribution in [2.24, 2.45) is 5.92 Å². The summed E-state index contributed by atoms with van der Waals surface area (Å²) in [7, 11) is 0. The predicted octanol–water partition coefficient (Wildman–Crippen LogP) is 3.73. The molecule has 1 saturated heterocycles. The number of hydrogen-bond acceptors (Lipinski definition) is 2. The van der Waals surface area contributed by atoms with E-state index in [9.17, 15) is 4.79 Å². The smallest absolute Gasteiger partial charge is 0.321 e. The van der Waals surface area contributed by atoms with Gasteiger partial charge >= 0.3 is 6.03 Å². The molecule has 1 heterocycles. The minimum absolute atomic E-state index is 0. The summed E-state index contributed by atoms with van der Waals surface area (Å²) >= 11 is 0. The van der Waals surface area contributed by atoms with Gasteiger partial charge in [-0.25, -0.2) is 4.79 Å². The molecule has 1 aliphatic rings. The number of hydrogen-bond donors (Lipinski definition) is 1. The number of carbonyl (C=O) groups excluding carboxylic acids is 1. The molecule has 0 bridgehead atoms. The molecular formula is C18H28ClN3O. The predicted molar refractivity (Wildman–Crippen MR) is 99.5 cm³/mol. The van der Waals surface area contributed by atoms with Crippen LogP contribution >= 0.6 is 12.4 Å². The second kappa shape index (κ2) is 8.82. The van der Waals surface area contributed by atoms with Crippen LogP contribution in [0.2, 0.25) is 0 Å². The first-order valence-corrected chi connectivity index (χ1v) is 8.02. The molecule has 1 aromatic rings. The van der Waals surface area contributed by atoms with Gasteiger partial charge in [-0.15, -0.1) is 12.4 Å². The molecule has 0 atom stereocenters. The molecule has 4 nitrogen and oxygen atoms in total. The highest BCUT2D eigenvalue weighted by Gasteiger charge is 2.21. The Morgan fingerprint density at radius 1 is 1.17 bits per heavy atom. The summed E-state index contributed by atoms with van der Waals surface area (Å²) in [4.78, 5) is 16.3. The lowest BCUT2D eigenvalue weighted by Gasteiger charge is -2.36. The quantitative estimate of drug-likeness (QED) is 0.912. The van der Waals surface area contributed by atoms with Crippen LogP contribution in [0, 0.1) is 19.8 Å². The van der Waals surface area contributed by atoms with Crippen LogP contribution in [0.3, 0.4) is 0 Å². The maximum absolute atomic E-state index is 12.1. The van der Waals surface area contributed by atoms with Crippen LogP contribution in [0.25, 0.3) is 0 Å². The Hall–Kier alpha value is -1.68. The van der Waals surface area contributed by atoms with Gasteiger partial charge in [0, 0.05) is 38.1 Å². The summed E-state index contributed by atoms with van der Waals surface area (Å²) in [6.07, 6.45) is 3.74. The second-order valence-electron chi connectivity index (χ2n) is 6.25. The van der Waals surface area contributed by atoms with E-state index in [2.05, 4.69) is 56.1 Å². The highest BCUT2D eigenvalue weighted by molar-refractivity contribution is 5.85. The number of benzene rings is 1. The zero-order valence-electron chi connectivity index (χ0n) is 14.5. The Bertz CT molecular complexity index is 549. The van der Waals surface area contributed by atoms with E-state index in [1.807, 2.05) is 11.0 Å². The number of anilines is 1. The van der Waals surface area contributed by atoms with Gasteiger partial charge in [-0.3, -0.25) is 0 Å².